The summed E-state index contributed by atoms with van der Waals surface area (Å²) in [6.07, 6.45) is -0.595. The highest BCUT2D eigenvalue weighted by Crippen LogP contribution is 2.43. The lowest BCUT2D eigenvalue weighted by atomic mass is 9.80. The van der Waals surface area contributed by atoms with Crippen LogP contribution >= 0.6 is 0 Å². The maximum Gasteiger partial charge on any atom is 0.261 e. The highest BCUT2D eigenvalue weighted by molar-refractivity contribution is 6.99. The molecule has 0 saturated carbocycles. The van der Waals surface area contributed by atoms with Gasteiger partial charge in [0.05, 0.1) is 25.9 Å². The average molecular weight is 710 g/mol. The molecule has 4 atom stereocenters. The van der Waals surface area contributed by atoms with Crippen molar-refractivity contribution < 1.29 is 18.6 Å². The Morgan fingerprint density at radius 2 is 1.13 bits per heavy atom. The fourth-order valence-electron chi connectivity index (χ4n) is 7.60. The van der Waals surface area contributed by atoms with Crippen LogP contribution in [0.4, 0.5) is 0 Å². The van der Waals surface area contributed by atoms with Crippen LogP contribution in [0.25, 0.3) is 10.4 Å². The number of nitrogens with zero attached hydrogens (tertiary/aromatic N) is 3. The minimum Gasteiger partial charge on any atom is -0.399 e. The molecule has 52 heavy (non-hydrogen) atoms. The van der Waals surface area contributed by atoms with Gasteiger partial charge in [-0.05, 0) is 37.6 Å². The molecule has 6 rings (SSSR count). The zero-order valence-electron chi connectivity index (χ0n) is 30.1. The molecular weight excluding hydrogens is 663 g/mol. The van der Waals surface area contributed by atoms with Crippen molar-refractivity contribution in [1.29, 1.82) is 0 Å². The first-order valence-electron chi connectivity index (χ1n) is 17.8. The summed E-state index contributed by atoms with van der Waals surface area (Å²) in [4.78, 5) is 3.12. The van der Waals surface area contributed by atoms with Gasteiger partial charge in [0.1, 0.15) is 23.9 Å². The Labute approximate surface area is 308 Å². The molecule has 0 unspecified atom stereocenters. The Kier molecular flexibility index (Phi) is 11.9. The molecule has 1 fully saturated rings. The van der Waals surface area contributed by atoms with Gasteiger partial charge in [0.2, 0.25) is 0 Å². The Bertz CT molecular complexity index is 1760. The largest absolute Gasteiger partial charge is 0.399 e. The standard InChI is InChI=1S/C44H47N3O4Si/c1-5-31-48-41-40(33-49-44(34-21-11-6-12-22-34,35-23-13-7-14-24-35)36-25-15-8-16-26-36)50-39(32-46-47-45)42(41)51-52(43(2,3)4,37-27-17-9-18-28-37)38-29-19-10-20-30-38/h5-30,39-42H,1,31-33H2,2-4H3/t39-,40+,41-,42-/m1/s1. The summed E-state index contributed by atoms with van der Waals surface area (Å²) in [7, 11) is -3.08. The summed E-state index contributed by atoms with van der Waals surface area (Å²) in [6, 6.07) is 51.8. The van der Waals surface area contributed by atoms with E-state index in [9.17, 15) is 5.53 Å². The van der Waals surface area contributed by atoms with Crippen LogP contribution < -0.4 is 10.4 Å². The molecule has 8 heteroatoms. The molecule has 0 aliphatic carbocycles. The number of azide groups is 1. The van der Waals surface area contributed by atoms with Gasteiger partial charge in [-0.2, -0.15) is 0 Å². The normalized spacial score (nSPS) is 19.1. The minimum atomic E-state index is -3.08. The zero-order valence-corrected chi connectivity index (χ0v) is 31.1. The molecule has 1 heterocycles. The van der Waals surface area contributed by atoms with Crippen LogP contribution in [0.15, 0.2) is 169 Å². The van der Waals surface area contributed by atoms with Gasteiger partial charge in [-0.15, -0.1) is 6.58 Å². The first-order chi connectivity index (χ1) is 25.3. The Balaban J connectivity index is 1.47. The third-order valence-corrected chi connectivity index (χ3v) is 14.9. The second kappa shape index (κ2) is 16.7. The lowest BCUT2D eigenvalue weighted by molar-refractivity contribution is -0.0920. The number of hydrogen-bond donors (Lipinski definition) is 0. The first-order valence-corrected chi connectivity index (χ1v) is 19.7. The number of ether oxygens (including phenoxy) is 3. The summed E-state index contributed by atoms with van der Waals surface area (Å²) >= 11 is 0. The zero-order chi connectivity index (χ0) is 36.4. The van der Waals surface area contributed by atoms with Crippen LogP contribution in [0.3, 0.4) is 0 Å². The Hall–Kier alpha value is -4.79. The monoisotopic (exact) mass is 709 g/mol. The maximum absolute atomic E-state index is 9.49. The van der Waals surface area contributed by atoms with Crippen LogP contribution in [0.5, 0.6) is 0 Å². The predicted molar refractivity (Wildman–Crippen MR) is 210 cm³/mol. The van der Waals surface area contributed by atoms with Gasteiger partial charge in [-0.1, -0.05) is 184 Å². The molecule has 0 spiro atoms. The summed E-state index contributed by atoms with van der Waals surface area (Å²) in [5.74, 6) is 0. The molecule has 0 aromatic heterocycles. The molecule has 5 aromatic rings. The van der Waals surface area contributed by atoms with E-state index in [4.69, 9.17) is 18.6 Å². The van der Waals surface area contributed by atoms with Crippen molar-refractivity contribution in [2.24, 2.45) is 5.11 Å². The molecule has 0 amide bonds. The molecular formula is C44H47N3O4Si. The molecule has 1 aliphatic rings. The van der Waals surface area contributed by atoms with Crippen LogP contribution in [0.2, 0.25) is 5.04 Å². The van der Waals surface area contributed by atoms with Crippen molar-refractivity contribution in [3.05, 3.63) is 191 Å². The van der Waals surface area contributed by atoms with E-state index in [0.29, 0.717) is 0 Å². The van der Waals surface area contributed by atoms with Crippen LogP contribution in [0.1, 0.15) is 37.5 Å². The average Bonchev–Trinajstić information content (AvgIpc) is 3.51. The SMILES string of the molecule is C=CCO[C@H]1[C@H](O[Si](c2ccccc2)(c2ccccc2)C(C)(C)C)[C@@H](CN=[N+]=[N-])O[C@H]1COC(c1ccccc1)(c1ccccc1)c1ccccc1. The second-order valence-corrected chi connectivity index (χ2v) is 18.3. The van der Waals surface area contributed by atoms with E-state index in [1.165, 1.54) is 0 Å². The van der Waals surface area contributed by atoms with Gasteiger partial charge in [0, 0.05) is 4.91 Å². The van der Waals surface area contributed by atoms with Gasteiger partial charge in [-0.3, -0.25) is 0 Å². The third kappa shape index (κ3) is 7.41. The van der Waals surface area contributed by atoms with Crippen molar-refractivity contribution in [1.82, 2.24) is 0 Å². The van der Waals surface area contributed by atoms with Crippen molar-refractivity contribution in [3.63, 3.8) is 0 Å². The molecule has 1 aliphatic heterocycles. The smallest absolute Gasteiger partial charge is 0.261 e. The number of rotatable bonds is 15. The topological polar surface area (TPSA) is 85.7 Å². The molecule has 0 N–H and O–H groups in total. The van der Waals surface area contributed by atoms with Crippen molar-refractivity contribution >= 4 is 18.7 Å². The van der Waals surface area contributed by atoms with E-state index in [2.05, 4.69) is 122 Å². The van der Waals surface area contributed by atoms with Crippen molar-refractivity contribution in [3.8, 4) is 0 Å². The van der Waals surface area contributed by atoms with E-state index in [0.717, 1.165) is 27.1 Å². The van der Waals surface area contributed by atoms with E-state index >= 15 is 0 Å². The van der Waals surface area contributed by atoms with Gasteiger partial charge in [0.15, 0.2) is 0 Å². The van der Waals surface area contributed by atoms with Gasteiger partial charge < -0.3 is 18.6 Å². The van der Waals surface area contributed by atoms with Crippen molar-refractivity contribution in [2.75, 3.05) is 19.8 Å². The fraction of sp³-hybridized carbons (Fsp3) is 0.273. The number of benzene rings is 5. The van der Waals surface area contributed by atoms with E-state index in [1.54, 1.807) is 6.08 Å². The lowest BCUT2D eigenvalue weighted by Gasteiger charge is -2.46. The summed E-state index contributed by atoms with van der Waals surface area (Å²) < 4.78 is 28.5. The van der Waals surface area contributed by atoms with Gasteiger partial charge >= 0.3 is 0 Å². The lowest BCUT2D eigenvalue weighted by Crippen LogP contribution is -2.69. The molecule has 266 valence electrons. The van der Waals surface area contributed by atoms with Crippen molar-refractivity contribution in [2.45, 2.75) is 55.8 Å². The highest BCUT2D eigenvalue weighted by Gasteiger charge is 2.57. The molecule has 7 nitrogen and oxygen atoms in total. The first kappa shape index (κ1) is 37.0. The van der Waals surface area contributed by atoms with Crippen LogP contribution in [-0.4, -0.2) is 52.5 Å². The number of hydrogen-bond acceptors (Lipinski definition) is 5. The van der Waals surface area contributed by atoms with Gasteiger partial charge in [-0.25, -0.2) is 0 Å². The molecule has 5 aromatic carbocycles. The summed E-state index contributed by atoms with van der Waals surface area (Å²) in [5.41, 5.74) is 11.5. The second-order valence-electron chi connectivity index (χ2n) is 14.0. The Morgan fingerprint density at radius 1 is 0.692 bits per heavy atom. The summed E-state index contributed by atoms with van der Waals surface area (Å²) in [5, 5.41) is 5.98. The Morgan fingerprint density at radius 3 is 1.54 bits per heavy atom. The molecule has 0 bridgehead atoms. The maximum atomic E-state index is 9.49. The summed E-state index contributed by atoms with van der Waals surface area (Å²) in [6.45, 7) is 11.2. The molecule has 0 radical (unpaired) electrons. The predicted octanol–water partition coefficient (Wildman–Crippen LogP) is 8.59. The van der Waals surface area contributed by atoms with Gasteiger partial charge in [0.25, 0.3) is 8.32 Å². The van der Waals surface area contributed by atoms with E-state index in [1.807, 2.05) is 66.7 Å². The van der Waals surface area contributed by atoms with E-state index < -0.39 is 38.3 Å². The third-order valence-electron chi connectivity index (χ3n) is 9.87. The van der Waals surface area contributed by atoms with Crippen LogP contribution in [-0.2, 0) is 24.2 Å². The highest BCUT2D eigenvalue weighted by atomic mass is 28.4. The minimum absolute atomic E-state index is 0.0744. The quantitative estimate of drug-likeness (QED) is 0.0272. The molecule has 1 saturated heterocycles. The van der Waals surface area contributed by atoms with Crippen LogP contribution in [0, 0.1) is 0 Å². The van der Waals surface area contributed by atoms with E-state index in [-0.39, 0.29) is 24.8 Å². The fourth-order valence-corrected chi connectivity index (χ4v) is 12.3.